The summed E-state index contributed by atoms with van der Waals surface area (Å²) in [5, 5.41) is 2.27. The van der Waals surface area contributed by atoms with Crippen molar-refractivity contribution in [1.82, 2.24) is 9.29 Å². The summed E-state index contributed by atoms with van der Waals surface area (Å²) in [5.74, 6) is -2.86. The summed E-state index contributed by atoms with van der Waals surface area (Å²) in [6.07, 6.45) is 2.81. The van der Waals surface area contributed by atoms with Crippen LogP contribution >= 0.6 is 11.6 Å². The fraction of sp³-hybridized carbons (Fsp3) is 0.312. The maximum absolute atomic E-state index is 13.3. The molecule has 3 rings (SSSR count). The van der Waals surface area contributed by atoms with E-state index in [1.165, 1.54) is 23.9 Å². The van der Waals surface area contributed by atoms with E-state index in [4.69, 9.17) is 11.6 Å². The molecule has 0 aliphatic heterocycles. The van der Waals surface area contributed by atoms with Gasteiger partial charge in [-0.15, -0.1) is 0 Å². The molecule has 3 N–H and O–H groups in total. The molecule has 7 nitrogen and oxygen atoms in total. The molecule has 27 heavy (non-hydrogen) atoms. The molecular weight excluding hydrogens is 402 g/mol. The van der Waals surface area contributed by atoms with E-state index in [9.17, 15) is 22.0 Å². The Morgan fingerprint density at radius 2 is 1.93 bits per heavy atom. The molecule has 1 aromatic heterocycles. The maximum Gasteiger partial charge on any atom is 0.299 e. The molecule has 0 atom stereocenters. The van der Waals surface area contributed by atoms with Gasteiger partial charge in [0.1, 0.15) is 5.69 Å². The summed E-state index contributed by atoms with van der Waals surface area (Å²) >= 11 is 6.17. The lowest BCUT2D eigenvalue weighted by Crippen LogP contribution is -2.38. The second-order valence-corrected chi connectivity index (χ2v) is 8.46. The van der Waals surface area contributed by atoms with Gasteiger partial charge in [-0.25, -0.2) is 8.78 Å². The van der Waals surface area contributed by atoms with Gasteiger partial charge in [-0.2, -0.15) is 13.1 Å². The van der Waals surface area contributed by atoms with Crippen LogP contribution in [0.15, 0.2) is 24.4 Å². The molecule has 11 heteroatoms. The molecular formula is C16H17ClF2N4O3S. The van der Waals surface area contributed by atoms with Gasteiger partial charge in [-0.3, -0.25) is 9.52 Å². The molecule has 1 fully saturated rings. The first kappa shape index (κ1) is 19.6. The topological polar surface area (TPSA) is 92.2 Å². The minimum absolute atomic E-state index is 0.0198. The number of rotatable bonds is 6. The van der Waals surface area contributed by atoms with Crippen LogP contribution in [0, 0.1) is 11.6 Å². The van der Waals surface area contributed by atoms with Gasteiger partial charge in [0, 0.05) is 30.5 Å². The Hall–Kier alpha value is -2.17. The Bertz CT molecular complexity index is 1020. The number of halogens is 3. The largest absolute Gasteiger partial charge is 0.343 e. The van der Waals surface area contributed by atoms with E-state index in [2.05, 4.69) is 14.8 Å². The number of nitrogens with zero attached hydrogens (tertiary/aromatic N) is 1. The molecule has 1 saturated carbocycles. The first-order valence-corrected chi connectivity index (χ1v) is 9.79. The number of aromatic nitrogens is 1. The third-order valence-corrected chi connectivity index (χ3v) is 5.77. The minimum Gasteiger partial charge on any atom is -0.343 e. The van der Waals surface area contributed by atoms with Gasteiger partial charge in [-0.1, -0.05) is 11.6 Å². The fourth-order valence-corrected chi connectivity index (χ4v) is 4.20. The van der Waals surface area contributed by atoms with Crippen LogP contribution in [0.2, 0.25) is 5.02 Å². The Morgan fingerprint density at radius 1 is 1.26 bits per heavy atom. The van der Waals surface area contributed by atoms with Gasteiger partial charge >= 0.3 is 0 Å². The van der Waals surface area contributed by atoms with E-state index in [0.717, 1.165) is 25.0 Å². The molecule has 146 valence electrons. The number of aryl methyl sites for hydroxylation is 1. The third-order valence-electron chi connectivity index (χ3n) is 4.14. The molecule has 2 aromatic rings. The van der Waals surface area contributed by atoms with Crippen molar-refractivity contribution < 1.29 is 22.0 Å². The zero-order valence-corrected chi connectivity index (χ0v) is 16.0. The van der Waals surface area contributed by atoms with Gasteiger partial charge in [-0.05, 0) is 31.9 Å². The molecule has 1 aliphatic rings. The summed E-state index contributed by atoms with van der Waals surface area (Å²) in [7, 11) is -2.37. The molecule has 0 bridgehead atoms. The second-order valence-electron chi connectivity index (χ2n) is 6.67. The van der Waals surface area contributed by atoms with Gasteiger partial charge in [0.2, 0.25) is 0 Å². The van der Waals surface area contributed by atoms with Crippen molar-refractivity contribution in [3.8, 4) is 0 Å². The third kappa shape index (κ3) is 4.40. The van der Waals surface area contributed by atoms with Crippen LogP contribution < -0.4 is 14.8 Å². The van der Waals surface area contributed by atoms with Gasteiger partial charge in [0.25, 0.3) is 16.1 Å². The first-order valence-electron chi connectivity index (χ1n) is 7.93. The van der Waals surface area contributed by atoms with Crippen LogP contribution in [0.4, 0.5) is 20.2 Å². The van der Waals surface area contributed by atoms with E-state index in [-0.39, 0.29) is 22.1 Å². The summed E-state index contributed by atoms with van der Waals surface area (Å²) in [6, 6.07) is 2.90. The normalized spacial score (nSPS) is 15.4. The standard InChI is InChI=1S/C16H17ClF2N4O3S/c1-16(5-6-16)22-27(25,26)21-12-8-23(2)14(13(12)17)15(24)20-9-3-4-10(18)11(19)7-9/h3-4,7-8,21-22H,5-6H2,1-2H3,(H,20,24). The van der Waals surface area contributed by atoms with Crippen molar-refractivity contribution in [2.24, 2.45) is 7.05 Å². The summed E-state index contributed by atoms with van der Waals surface area (Å²) in [5.41, 5.74) is -0.468. The molecule has 1 amide bonds. The highest BCUT2D eigenvalue weighted by atomic mass is 35.5. The Balaban J connectivity index is 1.80. The number of carbonyl (C=O) groups is 1. The summed E-state index contributed by atoms with van der Waals surface area (Å²) in [4.78, 5) is 12.4. The van der Waals surface area contributed by atoms with Gasteiger partial charge in [0.15, 0.2) is 11.6 Å². The predicted octanol–water partition coefficient (Wildman–Crippen LogP) is 3.01. The number of hydrogen-bond donors (Lipinski definition) is 3. The average Bonchev–Trinajstić information content (AvgIpc) is 3.18. The highest BCUT2D eigenvalue weighted by Crippen LogP contribution is 2.36. The van der Waals surface area contributed by atoms with Crippen molar-refractivity contribution in [3.63, 3.8) is 0 Å². The Morgan fingerprint density at radius 3 is 2.52 bits per heavy atom. The van der Waals surface area contributed by atoms with Gasteiger partial charge < -0.3 is 9.88 Å². The fourth-order valence-electron chi connectivity index (χ4n) is 2.48. The van der Waals surface area contributed by atoms with Crippen LogP contribution in [-0.4, -0.2) is 24.4 Å². The van der Waals surface area contributed by atoms with Crippen molar-refractivity contribution in [2.75, 3.05) is 10.0 Å². The van der Waals surface area contributed by atoms with E-state index in [0.29, 0.717) is 0 Å². The molecule has 1 aromatic carbocycles. The number of amides is 1. The van der Waals surface area contributed by atoms with Crippen LogP contribution in [0.1, 0.15) is 30.3 Å². The minimum atomic E-state index is -3.87. The molecule has 0 spiro atoms. The monoisotopic (exact) mass is 418 g/mol. The molecule has 1 heterocycles. The molecule has 0 radical (unpaired) electrons. The van der Waals surface area contributed by atoms with Crippen molar-refractivity contribution >= 4 is 39.1 Å². The van der Waals surface area contributed by atoms with E-state index in [1.807, 2.05) is 0 Å². The molecule has 0 saturated heterocycles. The lowest BCUT2D eigenvalue weighted by Gasteiger charge is -2.13. The zero-order chi connectivity index (χ0) is 20.0. The summed E-state index contributed by atoms with van der Waals surface area (Å²) < 4.78 is 56.8. The second kappa shape index (κ2) is 6.77. The quantitative estimate of drug-likeness (QED) is 0.673. The maximum atomic E-state index is 13.3. The number of hydrogen-bond acceptors (Lipinski definition) is 3. The lowest BCUT2D eigenvalue weighted by molar-refractivity contribution is 0.101. The molecule has 1 aliphatic carbocycles. The Labute approximate surface area is 159 Å². The van der Waals surface area contributed by atoms with Crippen molar-refractivity contribution in [2.45, 2.75) is 25.3 Å². The highest BCUT2D eigenvalue weighted by Gasteiger charge is 2.41. The molecule has 0 unspecified atom stereocenters. The number of benzene rings is 1. The van der Waals surface area contributed by atoms with E-state index >= 15 is 0 Å². The summed E-state index contributed by atoms with van der Waals surface area (Å²) in [6.45, 7) is 1.78. The van der Waals surface area contributed by atoms with Crippen LogP contribution in [0.3, 0.4) is 0 Å². The van der Waals surface area contributed by atoms with Crippen LogP contribution in [0.25, 0.3) is 0 Å². The predicted molar refractivity (Wildman–Crippen MR) is 98.1 cm³/mol. The van der Waals surface area contributed by atoms with E-state index < -0.39 is 33.3 Å². The van der Waals surface area contributed by atoms with Gasteiger partial charge in [0.05, 0.1) is 10.7 Å². The van der Waals surface area contributed by atoms with Crippen LogP contribution in [0.5, 0.6) is 0 Å². The van der Waals surface area contributed by atoms with Crippen molar-refractivity contribution in [1.29, 1.82) is 0 Å². The lowest BCUT2D eigenvalue weighted by atomic mass is 10.3. The number of nitrogens with one attached hydrogen (secondary N) is 3. The average molecular weight is 419 g/mol. The SMILES string of the molecule is Cn1cc(NS(=O)(=O)NC2(C)CC2)c(Cl)c1C(=O)Nc1ccc(F)c(F)c1. The highest BCUT2D eigenvalue weighted by molar-refractivity contribution is 7.90. The van der Waals surface area contributed by atoms with Crippen molar-refractivity contribution in [3.05, 3.63) is 46.7 Å². The smallest absolute Gasteiger partial charge is 0.299 e. The first-order chi connectivity index (χ1) is 12.5. The number of anilines is 2. The van der Waals surface area contributed by atoms with Crippen LogP contribution in [-0.2, 0) is 17.3 Å². The van der Waals surface area contributed by atoms with E-state index in [1.54, 1.807) is 6.92 Å². The zero-order valence-electron chi connectivity index (χ0n) is 14.4. The number of carbonyl (C=O) groups excluding carboxylic acids is 1. The Kier molecular flexibility index (Phi) is 4.91.